The molecule has 0 atom stereocenters. The van der Waals surface area contributed by atoms with Crippen LogP contribution in [-0.4, -0.2) is 0 Å². The molecule has 6 heteroatoms. The Balaban J connectivity index is 1.00. The standard InChI is InChI=1S/C75H68F4N2/c1-37-39(3)43(7)71(44(8)40(37)4)80(65-27-25-47(76)29-63(65)78)67-35-61-69(51-23-19-17-21-49(51)67)55-33-57-53(31-59(55)74(61,13)14)54-32-60-56(34-58(54)73(57,11)12)70-52-24-20-18-22-50(52)68(36-62(70)75(60,15)16)81(66-28-26-48(77)30-64(66)79)72-45(9)41(5)38(2)42(6)46(72)10/h17-36H,1-16H3. The minimum Gasteiger partial charge on any atom is -0.306 e. The van der Waals surface area contributed by atoms with Crippen LogP contribution in [0.4, 0.5) is 51.7 Å². The van der Waals surface area contributed by atoms with Crippen molar-refractivity contribution in [3.63, 3.8) is 0 Å². The van der Waals surface area contributed by atoms with Crippen LogP contribution < -0.4 is 9.80 Å². The molecule has 3 aliphatic rings. The zero-order valence-electron chi connectivity index (χ0n) is 49.5. The minimum absolute atomic E-state index is 0.295. The fraction of sp³-hybridized carbons (Fsp3) is 0.253. The van der Waals surface area contributed by atoms with E-state index < -0.39 is 34.1 Å². The molecular formula is C75H68F4N2. The van der Waals surface area contributed by atoms with Crippen LogP contribution in [0.1, 0.15) is 131 Å². The van der Waals surface area contributed by atoms with E-state index in [1.165, 1.54) is 78.9 Å². The second-order valence-corrected chi connectivity index (χ2v) is 25.3. The summed E-state index contributed by atoms with van der Waals surface area (Å²) in [5.41, 5.74) is 28.5. The van der Waals surface area contributed by atoms with Gasteiger partial charge in [0.25, 0.3) is 0 Å². The Kier molecular flexibility index (Phi) is 11.3. The minimum atomic E-state index is -0.625. The molecule has 0 saturated heterocycles. The molecule has 13 rings (SSSR count). The summed E-state index contributed by atoms with van der Waals surface area (Å²) in [5, 5.41) is 4.12. The molecule has 0 aliphatic heterocycles. The monoisotopic (exact) mass is 1070 g/mol. The maximum absolute atomic E-state index is 16.6. The molecule has 0 spiro atoms. The van der Waals surface area contributed by atoms with Crippen LogP contribution in [0.25, 0.3) is 54.9 Å². The molecule has 0 fully saturated rings. The third-order valence-corrected chi connectivity index (χ3v) is 20.4. The molecule has 0 unspecified atom stereocenters. The first-order valence-corrected chi connectivity index (χ1v) is 28.4. The highest BCUT2D eigenvalue weighted by Gasteiger charge is 2.46. The number of halogens is 4. The van der Waals surface area contributed by atoms with E-state index in [-0.39, 0.29) is 5.41 Å². The second-order valence-electron chi connectivity index (χ2n) is 25.3. The van der Waals surface area contributed by atoms with Gasteiger partial charge in [0.05, 0.1) is 34.1 Å². The molecule has 10 aromatic carbocycles. The maximum Gasteiger partial charge on any atom is 0.150 e. The van der Waals surface area contributed by atoms with Crippen molar-refractivity contribution < 1.29 is 17.6 Å². The quantitative estimate of drug-likeness (QED) is 0.153. The first-order chi connectivity index (χ1) is 38.3. The number of rotatable bonds is 6. The molecule has 0 saturated carbocycles. The lowest BCUT2D eigenvalue weighted by atomic mass is 9.78. The van der Waals surface area contributed by atoms with E-state index >= 15 is 8.78 Å². The lowest BCUT2D eigenvalue weighted by Gasteiger charge is -2.33. The summed E-state index contributed by atoms with van der Waals surface area (Å²) in [6.45, 7) is 35.3. The molecule has 0 radical (unpaired) electrons. The van der Waals surface area contributed by atoms with Crippen molar-refractivity contribution in [1.29, 1.82) is 0 Å². The van der Waals surface area contributed by atoms with Gasteiger partial charge in [0, 0.05) is 39.2 Å². The van der Waals surface area contributed by atoms with Gasteiger partial charge in [-0.15, -0.1) is 0 Å². The number of fused-ring (bicyclic) bond motifs is 13. The van der Waals surface area contributed by atoms with Gasteiger partial charge in [-0.1, -0.05) is 90.1 Å². The number of hydrogen-bond donors (Lipinski definition) is 0. The molecule has 3 aliphatic carbocycles. The highest BCUT2D eigenvalue weighted by atomic mass is 19.1. The molecule has 0 bridgehead atoms. The molecular weight excluding hydrogens is 1000 g/mol. The van der Waals surface area contributed by atoms with E-state index in [2.05, 4.69) is 206 Å². The summed E-state index contributed by atoms with van der Waals surface area (Å²) in [6.07, 6.45) is 0. The molecule has 2 nitrogen and oxygen atoms in total. The summed E-state index contributed by atoms with van der Waals surface area (Å²) >= 11 is 0. The molecule has 0 heterocycles. The van der Waals surface area contributed by atoms with Crippen molar-refractivity contribution in [3.05, 3.63) is 234 Å². The van der Waals surface area contributed by atoms with Gasteiger partial charge in [-0.25, -0.2) is 17.6 Å². The summed E-state index contributed by atoms with van der Waals surface area (Å²) in [5.74, 6) is -2.49. The SMILES string of the molecule is Cc1c(C)c(C)c(N(c2ccc(F)cc2F)c2cc3c(c4ccccc24)-c2cc4c(cc2C3(C)C)-c2cc3c(cc2C4(C)C)-c2c(cc(N(c4ccc(F)cc4F)c4c(C)c(C)c(C)c(C)c4C)c4ccccc24)C3(C)C)c(C)c1C. The van der Waals surface area contributed by atoms with Crippen molar-refractivity contribution in [1.82, 2.24) is 0 Å². The van der Waals surface area contributed by atoms with Gasteiger partial charge < -0.3 is 9.80 Å². The van der Waals surface area contributed by atoms with Crippen molar-refractivity contribution in [2.45, 2.75) is 127 Å². The van der Waals surface area contributed by atoms with Gasteiger partial charge in [0.15, 0.2) is 0 Å². The lowest BCUT2D eigenvalue weighted by Crippen LogP contribution is -2.19. The molecule has 0 N–H and O–H groups in total. The number of hydrogen-bond acceptors (Lipinski definition) is 2. The Hall–Kier alpha value is -7.96. The van der Waals surface area contributed by atoms with Crippen molar-refractivity contribution in [2.75, 3.05) is 9.80 Å². The average Bonchev–Trinajstić information content (AvgIpc) is 2.36. The van der Waals surface area contributed by atoms with E-state index in [1.54, 1.807) is 12.1 Å². The topological polar surface area (TPSA) is 6.48 Å². The fourth-order valence-corrected chi connectivity index (χ4v) is 14.9. The Morgan fingerprint density at radius 2 is 0.568 bits per heavy atom. The normalized spacial score (nSPS) is 14.7. The molecule has 81 heavy (non-hydrogen) atoms. The largest absolute Gasteiger partial charge is 0.306 e. The Labute approximate surface area is 474 Å². The van der Waals surface area contributed by atoms with E-state index in [0.29, 0.717) is 11.4 Å². The first kappa shape index (κ1) is 52.4. The maximum atomic E-state index is 16.6. The van der Waals surface area contributed by atoms with E-state index in [1.807, 2.05) is 0 Å². The third-order valence-electron chi connectivity index (χ3n) is 20.4. The van der Waals surface area contributed by atoms with Gasteiger partial charge in [-0.05, 0) is 263 Å². The molecule has 10 aromatic rings. The van der Waals surface area contributed by atoms with Gasteiger partial charge in [-0.3, -0.25) is 0 Å². The van der Waals surface area contributed by atoms with Gasteiger partial charge in [0.1, 0.15) is 23.3 Å². The van der Waals surface area contributed by atoms with Crippen molar-refractivity contribution in [3.8, 4) is 33.4 Å². The van der Waals surface area contributed by atoms with Crippen LogP contribution >= 0.6 is 0 Å². The number of benzene rings is 10. The fourth-order valence-electron chi connectivity index (χ4n) is 14.9. The average molecular weight is 1070 g/mol. The van der Waals surface area contributed by atoms with E-state index in [9.17, 15) is 8.78 Å². The summed E-state index contributed by atoms with van der Waals surface area (Å²) < 4.78 is 62.9. The Morgan fingerprint density at radius 1 is 0.284 bits per heavy atom. The summed E-state index contributed by atoms with van der Waals surface area (Å²) in [4.78, 5) is 4.11. The predicted octanol–water partition coefficient (Wildman–Crippen LogP) is 21.5. The Morgan fingerprint density at radius 3 is 0.901 bits per heavy atom. The number of anilines is 6. The van der Waals surface area contributed by atoms with Crippen molar-refractivity contribution in [2.24, 2.45) is 0 Å². The lowest BCUT2D eigenvalue weighted by molar-refractivity contribution is 0.583. The van der Waals surface area contributed by atoms with Crippen LogP contribution in [-0.2, 0) is 16.2 Å². The van der Waals surface area contributed by atoms with E-state index in [4.69, 9.17) is 0 Å². The van der Waals surface area contributed by atoms with E-state index in [0.717, 1.165) is 112 Å². The van der Waals surface area contributed by atoms with Gasteiger partial charge >= 0.3 is 0 Å². The third kappa shape index (κ3) is 7.04. The molecule has 406 valence electrons. The molecule has 0 amide bonds. The first-order valence-electron chi connectivity index (χ1n) is 28.4. The van der Waals surface area contributed by atoms with Gasteiger partial charge in [-0.2, -0.15) is 0 Å². The summed E-state index contributed by atoms with van der Waals surface area (Å²) in [6, 6.07) is 39.3. The predicted molar refractivity (Wildman–Crippen MR) is 331 cm³/mol. The second kappa shape index (κ2) is 17.5. The van der Waals surface area contributed by atoms with Crippen LogP contribution in [0.2, 0.25) is 0 Å². The van der Waals surface area contributed by atoms with Crippen LogP contribution in [0.5, 0.6) is 0 Å². The number of nitrogens with zero attached hydrogens (tertiary/aromatic N) is 2. The highest BCUT2D eigenvalue weighted by molar-refractivity contribution is 6.13. The smallest absolute Gasteiger partial charge is 0.150 e. The zero-order chi connectivity index (χ0) is 57.6. The van der Waals surface area contributed by atoms with Crippen molar-refractivity contribution >= 4 is 55.7 Å². The highest BCUT2D eigenvalue weighted by Crippen LogP contribution is 2.63. The van der Waals surface area contributed by atoms with Crippen LogP contribution in [0, 0.1) is 92.5 Å². The Bertz CT molecular complexity index is 4150. The van der Waals surface area contributed by atoms with Crippen LogP contribution in [0.15, 0.2) is 121 Å². The van der Waals surface area contributed by atoms with Crippen LogP contribution in [0.3, 0.4) is 0 Å². The summed E-state index contributed by atoms with van der Waals surface area (Å²) in [7, 11) is 0. The van der Waals surface area contributed by atoms with Gasteiger partial charge in [0.2, 0.25) is 0 Å². The zero-order valence-corrected chi connectivity index (χ0v) is 49.5. The molecule has 0 aromatic heterocycles.